The number of para-hydroxylation sites is 2. The van der Waals surface area contributed by atoms with Crippen molar-refractivity contribution in [1.82, 2.24) is 10.6 Å². The normalized spacial score (nSPS) is 18.6. The van der Waals surface area contributed by atoms with Gasteiger partial charge in [-0.05, 0) is 63.7 Å². The third kappa shape index (κ3) is 5.57. The van der Waals surface area contributed by atoms with Crippen LogP contribution in [0.1, 0.15) is 40.8 Å². The number of ether oxygens (including phenoxy) is 1. The fraction of sp³-hybridized carbons (Fsp3) is 0.0750. The molecular weight excluding hydrogens is 552 g/mol. The molecule has 5 heteroatoms. The first kappa shape index (κ1) is 26.9. The van der Waals surface area contributed by atoms with Gasteiger partial charge < -0.3 is 15.4 Å². The number of nitrogens with zero attached hydrogens (tertiary/aromatic N) is 1. The van der Waals surface area contributed by atoms with Gasteiger partial charge in [-0.2, -0.15) is 0 Å². The first-order valence-electron chi connectivity index (χ1n) is 15.3. The van der Waals surface area contributed by atoms with Crippen molar-refractivity contribution in [2.45, 2.75) is 18.6 Å². The van der Waals surface area contributed by atoms with Gasteiger partial charge in [0.25, 0.3) is 0 Å². The molecule has 0 aliphatic carbocycles. The molecule has 8 rings (SSSR count). The van der Waals surface area contributed by atoms with E-state index in [2.05, 4.69) is 137 Å². The van der Waals surface area contributed by atoms with Crippen LogP contribution < -0.4 is 20.7 Å². The van der Waals surface area contributed by atoms with E-state index in [9.17, 15) is 0 Å². The molecule has 6 aromatic rings. The maximum absolute atomic E-state index is 6.25. The Balaban J connectivity index is 1.16. The molecule has 6 aromatic carbocycles. The number of aliphatic imine (C=N–C) groups is 1. The Labute approximate surface area is 263 Å². The molecule has 0 spiro atoms. The summed E-state index contributed by atoms with van der Waals surface area (Å²) in [4.78, 5) is 5.25. The van der Waals surface area contributed by atoms with Gasteiger partial charge in [-0.1, -0.05) is 127 Å². The molecule has 3 unspecified atom stereocenters. The van der Waals surface area contributed by atoms with Crippen LogP contribution in [0.4, 0.5) is 5.69 Å². The Morgan fingerprint density at radius 1 is 0.467 bits per heavy atom. The summed E-state index contributed by atoms with van der Waals surface area (Å²) in [5, 5.41) is 11.0. The SMILES string of the molecule is c1ccc(-c2cccc(C3=NC(c4cccc(C5Nc6ccccc6O5)c4)NC(c4cccc(-c5ccccc5)c4)N3)c2)cc1. The number of nitrogens with one attached hydrogen (secondary N) is 3. The van der Waals surface area contributed by atoms with Gasteiger partial charge in [0.15, 0.2) is 6.23 Å². The third-order valence-electron chi connectivity index (χ3n) is 8.38. The lowest BCUT2D eigenvalue weighted by Crippen LogP contribution is -2.45. The number of rotatable bonds is 6. The summed E-state index contributed by atoms with van der Waals surface area (Å²) >= 11 is 0. The molecule has 0 radical (unpaired) electrons. The van der Waals surface area contributed by atoms with Gasteiger partial charge in [-0.3, -0.25) is 5.32 Å². The highest BCUT2D eigenvalue weighted by atomic mass is 16.5. The largest absolute Gasteiger partial charge is 0.464 e. The lowest BCUT2D eigenvalue weighted by Gasteiger charge is -2.32. The topological polar surface area (TPSA) is 57.7 Å². The highest BCUT2D eigenvalue weighted by Crippen LogP contribution is 2.38. The molecule has 3 atom stereocenters. The second-order valence-corrected chi connectivity index (χ2v) is 11.4. The van der Waals surface area contributed by atoms with Crippen LogP contribution in [0, 0.1) is 0 Å². The second kappa shape index (κ2) is 11.8. The molecule has 0 saturated heterocycles. The smallest absolute Gasteiger partial charge is 0.196 e. The molecule has 2 aliphatic rings. The van der Waals surface area contributed by atoms with Gasteiger partial charge in [-0.25, -0.2) is 4.99 Å². The monoisotopic (exact) mass is 584 g/mol. The molecule has 0 amide bonds. The van der Waals surface area contributed by atoms with Crippen LogP contribution in [-0.2, 0) is 0 Å². The molecule has 5 nitrogen and oxygen atoms in total. The second-order valence-electron chi connectivity index (χ2n) is 11.4. The molecule has 0 aromatic heterocycles. The van der Waals surface area contributed by atoms with E-state index in [0.717, 1.165) is 45.1 Å². The minimum absolute atomic E-state index is 0.166. The average molecular weight is 585 g/mol. The Bertz CT molecular complexity index is 1960. The Morgan fingerprint density at radius 3 is 1.84 bits per heavy atom. The van der Waals surface area contributed by atoms with Crippen molar-refractivity contribution in [1.29, 1.82) is 0 Å². The Hall–Kier alpha value is -5.65. The Morgan fingerprint density at radius 2 is 1.07 bits per heavy atom. The first-order valence-corrected chi connectivity index (χ1v) is 15.3. The lowest BCUT2D eigenvalue weighted by atomic mass is 9.99. The number of amidine groups is 1. The van der Waals surface area contributed by atoms with Gasteiger partial charge in [0.2, 0.25) is 0 Å². The fourth-order valence-corrected chi connectivity index (χ4v) is 6.08. The molecule has 0 fully saturated rings. The molecule has 3 N–H and O–H groups in total. The highest BCUT2D eigenvalue weighted by molar-refractivity contribution is 6.00. The van der Waals surface area contributed by atoms with Crippen LogP contribution in [0.3, 0.4) is 0 Å². The van der Waals surface area contributed by atoms with Crippen molar-refractivity contribution in [3.8, 4) is 28.0 Å². The van der Waals surface area contributed by atoms with E-state index >= 15 is 0 Å². The van der Waals surface area contributed by atoms with Crippen molar-refractivity contribution in [3.63, 3.8) is 0 Å². The van der Waals surface area contributed by atoms with Gasteiger partial charge in [0, 0.05) is 11.1 Å². The summed E-state index contributed by atoms with van der Waals surface area (Å²) in [6.45, 7) is 0. The summed E-state index contributed by atoms with van der Waals surface area (Å²) in [7, 11) is 0. The molecule has 2 aliphatic heterocycles. The molecule has 0 saturated carbocycles. The van der Waals surface area contributed by atoms with Gasteiger partial charge in [-0.15, -0.1) is 0 Å². The minimum Gasteiger partial charge on any atom is -0.464 e. The summed E-state index contributed by atoms with van der Waals surface area (Å²) in [5.41, 5.74) is 10.00. The van der Waals surface area contributed by atoms with E-state index in [1.54, 1.807) is 0 Å². The summed E-state index contributed by atoms with van der Waals surface area (Å²) < 4.78 is 6.25. The van der Waals surface area contributed by atoms with E-state index in [0.29, 0.717) is 0 Å². The maximum atomic E-state index is 6.25. The summed E-state index contributed by atoms with van der Waals surface area (Å²) in [6, 6.07) is 54.8. The van der Waals surface area contributed by atoms with Crippen LogP contribution >= 0.6 is 0 Å². The predicted molar refractivity (Wildman–Crippen MR) is 182 cm³/mol. The van der Waals surface area contributed by atoms with Crippen molar-refractivity contribution in [2.75, 3.05) is 5.32 Å². The standard InChI is InChI=1S/C40H32N4O/c1-3-12-27(13-4-1)29-16-9-18-31(24-29)37-42-38(32-19-10-17-30(25-32)28-14-5-2-6-15-28)44-39(43-37)33-20-11-21-34(26-33)40-41-35-22-7-8-23-36(35)45-40/h1-26,37,39-41,43H,(H,42,44). The molecule has 45 heavy (non-hydrogen) atoms. The van der Waals surface area contributed by atoms with Crippen molar-refractivity contribution < 1.29 is 4.74 Å². The zero-order chi connectivity index (χ0) is 30.0. The molecule has 0 bridgehead atoms. The molecule has 2 heterocycles. The van der Waals surface area contributed by atoms with E-state index in [1.807, 2.05) is 36.4 Å². The number of anilines is 1. The zero-order valence-electron chi connectivity index (χ0n) is 24.6. The van der Waals surface area contributed by atoms with Crippen molar-refractivity contribution in [3.05, 3.63) is 180 Å². The number of hydrogen-bond donors (Lipinski definition) is 3. The summed E-state index contributed by atoms with van der Waals surface area (Å²) in [6.07, 6.45) is -0.704. The van der Waals surface area contributed by atoms with Crippen LogP contribution in [0.5, 0.6) is 5.75 Å². The van der Waals surface area contributed by atoms with Crippen LogP contribution in [0.2, 0.25) is 0 Å². The predicted octanol–water partition coefficient (Wildman–Crippen LogP) is 8.86. The number of benzene rings is 6. The van der Waals surface area contributed by atoms with Gasteiger partial charge >= 0.3 is 0 Å². The first-order chi connectivity index (χ1) is 22.3. The van der Waals surface area contributed by atoms with Crippen LogP contribution in [0.15, 0.2) is 163 Å². The van der Waals surface area contributed by atoms with E-state index in [1.165, 1.54) is 16.7 Å². The molecule has 218 valence electrons. The van der Waals surface area contributed by atoms with E-state index < -0.39 is 0 Å². The van der Waals surface area contributed by atoms with Crippen LogP contribution in [0.25, 0.3) is 22.3 Å². The van der Waals surface area contributed by atoms with Crippen molar-refractivity contribution in [2.24, 2.45) is 4.99 Å². The average Bonchev–Trinajstić information content (AvgIpc) is 3.57. The van der Waals surface area contributed by atoms with Gasteiger partial charge in [0.05, 0.1) is 5.69 Å². The van der Waals surface area contributed by atoms with Gasteiger partial charge in [0.1, 0.15) is 23.9 Å². The number of hydrogen-bond acceptors (Lipinski definition) is 5. The van der Waals surface area contributed by atoms with E-state index in [-0.39, 0.29) is 18.6 Å². The van der Waals surface area contributed by atoms with Crippen molar-refractivity contribution >= 4 is 11.5 Å². The molecular formula is C40H32N4O. The maximum Gasteiger partial charge on any atom is 0.196 e. The zero-order valence-corrected chi connectivity index (χ0v) is 24.6. The quantitative estimate of drug-likeness (QED) is 0.183. The third-order valence-corrected chi connectivity index (χ3v) is 8.38. The fourth-order valence-electron chi connectivity index (χ4n) is 6.08. The van der Waals surface area contributed by atoms with E-state index in [4.69, 9.17) is 9.73 Å². The van der Waals surface area contributed by atoms with Crippen LogP contribution in [-0.4, -0.2) is 5.84 Å². The lowest BCUT2D eigenvalue weighted by molar-refractivity contribution is 0.259. The Kier molecular flexibility index (Phi) is 7.06. The summed E-state index contributed by atoms with van der Waals surface area (Å²) in [5.74, 6) is 1.71. The highest BCUT2D eigenvalue weighted by Gasteiger charge is 2.28. The number of fused-ring (bicyclic) bond motifs is 1. The minimum atomic E-state index is -0.282.